The quantitative estimate of drug-likeness (QED) is 0.603. The first kappa shape index (κ1) is 9.27. The molecule has 0 radical (unpaired) electrons. The van der Waals surface area contributed by atoms with E-state index in [4.69, 9.17) is 0 Å². The Hall–Kier alpha value is -0.820. The number of rotatable bonds is 2. The van der Waals surface area contributed by atoms with Gasteiger partial charge in [-0.05, 0) is 26.6 Å². The van der Waals surface area contributed by atoms with Gasteiger partial charge in [0.05, 0.1) is 0 Å². The third-order valence-electron chi connectivity index (χ3n) is 2.04. The molecule has 0 aromatic carbocycles. The second-order valence-corrected chi connectivity index (χ2v) is 3.69. The van der Waals surface area contributed by atoms with Crippen molar-refractivity contribution in [3.8, 4) is 0 Å². The van der Waals surface area contributed by atoms with Crippen LogP contribution in [0.25, 0.3) is 0 Å². The lowest BCUT2D eigenvalue weighted by molar-refractivity contribution is 0.380. The van der Waals surface area contributed by atoms with Gasteiger partial charge in [-0.15, -0.1) is 0 Å². The maximum atomic E-state index is 4.04. The molecule has 0 aromatic rings. The summed E-state index contributed by atoms with van der Waals surface area (Å²) in [6.07, 6.45) is 6.56. The zero-order chi connectivity index (χ0) is 9.14. The lowest BCUT2D eigenvalue weighted by atomic mass is 9.92. The highest BCUT2D eigenvalue weighted by Crippen LogP contribution is 2.20. The first-order chi connectivity index (χ1) is 5.59. The van der Waals surface area contributed by atoms with Gasteiger partial charge < -0.3 is 4.90 Å². The third-order valence-corrected chi connectivity index (χ3v) is 2.04. The summed E-state index contributed by atoms with van der Waals surface area (Å²) in [5, 5.41) is 0. The van der Waals surface area contributed by atoms with Gasteiger partial charge in [0.2, 0.25) is 0 Å². The first-order valence-electron chi connectivity index (χ1n) is 4.29. The van der Waals surface area contributed by atoms with Crippen molar-refractivity contribution in [1.82, 2.24) is 4.90 Å². The second-order valence-electron chi connectivity index (χ2n) is 3.69. The molecule has 0 bridgehead atoms. The largest absolute Gasteiger partial charge is 0.308 e. The highest BCUT2D eigenvalue weighted by atomic mass is 15.1. The molecule has 0 spiro atoms. The Morgan fingerprint density at radius 1 is 1.50 bits per heavy atom. The van der Waals surface area contributed by atoms with Gasteiger partial charge in [-0.25, -0.2) is 0 Å². The summed E-state index contributed by atoms with van der Waals surface area (Å²) in [6, 6.07) is 0. The summed E-state index contributed by atoms with van der Waals surface area (Å²) in [4.78, 5) is 2.19. The lowest BCUT2D eigenvalue weighted by Crippen LogP contribution is -2.22. The molecule has 1 rings (SSSR count). The monoisotopic (exact) mass is 163 g/mol. The van der Waals surface area contributed by atoms with Crippen LogP contribution >= 0.6 is 0 Å². The van der Waals surface area contributed by atoms with Crippen molar-refractivity contribution in [2.45, 2.75) is 6.92 Å². The molecule has 0 amide bonds. The highest BCUT2D eigenvalue weighted by molar-refractivity contribution is 5.36. The highest BCUT2D eigenvalue weighted by Gasteiger charge is 2.11. The topological polar surface area (TPSA) is 3.24 Å². The molecule has 0 aliphatic heterocycles. The Bertz CT molecular complexity index is 233. The predicted molar refractivity (Wildman–Crippen MR) is 54.1 cm³/mol. The molecule has 0 saturated heterocycles. The van der Waals surface area contributed by atoms with E-state index in [0.29, 0.717) is 5.92 Å². The van der Waals surface area contributed by atoms with E-state index in [0.717, 1.165) is 6.54 Å². The van der Waals surface area contributed by atoms with E-state index in [1.807, 2.05) is 0 Å². The van der Waals surface area contributed by atoms with Crippen LogP contribution in [0.15, 0.2) is 36.0 Å². The van der Waals surface area contributed by atoms with Gasteiger partial charge >= 0.3 is 0 Å². The normalized spacial score (nSPS) is 23.2. The van der Waals surface area contributed by atoms with Gasteiger partial charge in [-0.3, -0.25) is 0 Å². The van der Waals surface area contributed by atoms with Crippen LogP contribution in [0.5, 0.6) is 0 Å². The molecule has 0 N–H and O–H groups in total. The van der Waals surface area contributed by atoms with Gasteiger partial charge in [0, 0.05) is 12.5 Å². The molecule has 0 saturated carbocycles. The van der Waals surface area contributed by atoms with Gasteiger partial charge in [-0.1, -0.05) is 30.4 Å². The summed E-state index contributed by atoms with van der Waals surface area (Å²) in [5.41, 5.74) is 2.53. The van der Waals surface area contributed by atoms with Crippen LogP contribution in [0.4, 0.5) is 0 Å². The lowest BCUT2D eigenvalue weighted by Gasteiger charge is -2.21. The Labute approximate surface area is 75.1 Å². The predicted octanol–water partition coefficient (Wildman–Crippen LogP) is 2.24. The molecule has 1 unspecified atom stereocenters. The van der Waals surface area contributed by atoms with Crippen molar-refractivity contribution in [1.29, 1.82) is 0 Å². The Kier molecular flexibility index (Phi) is 2.88. The van der Waals surface area contributed by atoms with Crippen molar-refractivity contribution in [3.63, 3.8) is 0 Å². The summed E-state index contributed by atoms with van der Waals surface area (Å²) >= 11 is 0. The fourth-order valence-electron chi connectivity index (χ4n) is 1.41. The summed E-state index contributed by atoms with van der Waals surface area (Å²) in [5.74, 6) is 0.503. The van der Waals surface area contributed by atoms with Gasteiger partial charge in [0.15, 0.2) is 0 Å². The standard InChI is InChI=1S/C11H17N/c1-9-5-6-11(8-12(3)4)10(2)7-9/h5-7,11H,2,8H2,1,3-4H3. The fraction of sp³-hybridized carbons (Fsp3) is 0.455. The van der Waals surface area contributed by atoms with Gasteiger partial charge in [0.1, 0.15) is 0 Å². The summed E-state index contributed by atoms with van der Waals surface area (Å²) < 4.78 is 0. The molecule has 1 atom stereocenters. The molecule has 1 heteroatoms. The molecule has 1 aliphatic carbocycles. The average molecular weight is 163 g/mol. The number of hydrogen-bond donors (Lipinski definition) is 0. The van der Waals surface area contributed by atoms with E-state index in [2.05, 4.69) is 50.7 Å². The molecular weight excluding hydrogens is 146 g/mol. The number of nitrogens with zero attached hydrogens (tertiary/aromatic N) is 1. The van der Waals surface area contributed by atoms with Crippen LogP contribution in [0.1, 0.15) is 6.92 Å². The first-order valence-corrected chi connectivity index (χ1v) is 4.29. The van der Waals surface area contributed by atoms with Crippen molar-refractivity contribution >= 4 is 0 Å². The molecular formula is C11H17N. The molecule has 0 fully saturated rings. The Balaban J connectivity index is 2.60. The number of allylic oxidation sites excluding steroid dienone is 3. The van der Waals surface area contributed by atoms with Crippen LogP contribution < -0.4 is 0 Å². The molecule has 12 heavy (non-hydrogen) atoms. The van der Waals surface area contributed by atoms with Crippen molar-refractivity contribution < 1.29 is 0 Å². The second kappa shape index (κ2) is 3.72. The van der Waals surface area contributed by atoms with E-state index in [-0.39, 0.29) is 0 Å². The average Bonchev–Trinajstić information content (AvgIpc) is 1.94. The molecule has 1 nitrogen and oxygen atoms in total. The SMILES string of the molecule is C=C1C=C(C)C=CC1CN(C)C. The zero-order valence-electron chi connectivity index (χ0n) is 8.17. The van der Waals surface area contributed by atoms with Crippen molar-refractivity contribution in [3.05, 3.63) is 36.0 Å². The summed E-state index contributed by atoms with van der Waals surface area (Å²) in [6.45, 7) is 7.20. The van der Waals surface area contributed by atoms with Crippen LogP contribution in [0.3, 0.4) is 0 Å². The van der Waals surface area contributed by atoms with E-state index < -0.39 is 0 Å². The van der Waals surface area contributed by atoms with Crippen LogP contribution in [0, 0.1) is 5.92 Å². The third kappa shape index (κ3) is 2.35. The Morgan fingerprint density at radius 2 is 2.17 bits per heavy atom. The van der Waals surface area contributed by atoms with E-state index in [1.54, 1.807) is 0 Å². The number of hydrogen-bond acceptors (Lipinski definition) is 1. The minimum absolute atomic E-state index is 0.503. The van der Waals surface area contributed by atoms with Crippen LogP contribution in [-0.4, -0.2) is 25.5 Å². The smallest absolute Gasteiger partial charge is 0.0143 e. The van der Waals surface area contributed by atoms with E-state index in [1.165, 1.54) is 11.1 Å². The molecule has 1 aliphatic rings. The van der Waals surface area contributed by atoms with E-state index in [9.17, 15) is 0 Å². The van der Waals surface area contributed by atoms with Crippen molar-refractivity contribution in [2.24, 2.45) is 5.92 Å². The fourth-order valence-corrected chi connectivity index (χ4v) is 1.41. The summed E-state index contributed by atoms with van der Waals surface area (Å²) in [7, 11) is 4.18. The van der Waals surface area contributed by atoms with Gasteiger partial charge in [0.25, 0.3) is 0 Å². The molecule has 0 heterocycles. The molecule has 0 aromatic heterocycles. The Morgan fingerprint density at radius 3 is 2.67 bits per heavy atom. The van der Waals surface area contributed by atoms with Crippen molar-refractivity contribution in [2.75, 3.05) is 20.6 Å². The van der Waals surface area contributed by atoms with Crippen LogP contribution in [-0.2, 0) is 0 Å². The van der Waals surface area contributed by atoms with E-state index >= 15 is 0 Å². The minimum atomic E-state index is 0.503. The van der Waals surface area contributed by atoms with Gasteiger partial charge in [-0.2, -0.15) is 0 Å². The minimum Gasteiger partial charge on any atom is -0.308 e. The maximum Gasteiger partial charge on any atom is 0.0143 e. The van der Waals surface area contributed by atoms with Crippen LogP contribution in [0.2, 0.25) is 0 Å². The maximum absolute atomic E-state index is 4.04. The zero-order valence-corrected chi connectivity index (χ0v) is 8.17. The molecule has 66 valence electrons.